The van der Waals surface area contributed by atoms with Crippen LogP contribution in [-0.2, 0) is 4.74 Å². The molecule has 1 N–H and O–H groups in total. The number of nitrogens with one attached hydrogen (secondary N) is 1. The Morgan fingerprint density at radius 2 is 1.94 bits per heavy atom. The molecular weight excluding hydrogens is 436 g/mol. The third-order valence-corrected chi connectivity index (χ3v) is 5.90. The maximum absolute atomic E-state index is 10.9. The lowest BCUT2D eigenvalue weighted by Gasteiger charge is -2.19. The van der Waals surface area contributed by atoms with Gasteiger partial charge in [0.2, 0.25) is 6.20 Å². The fourth-order valence-electron chi connectivity index (χ4n) is 3.98. The highest BCUT2D eigenvalue weighted by molar-refractivity contribution is 5.69. The van der Waals surface area contributed by atoms with E-state index in [-0.39, 0.29) is 12.4 Å². The number of hydrogen-bond donors (Lipinski definition) is 1. The Kier molecular flexibility index (Phi) is 5.37. The van der Waals surface area contributed by atoms with Gasteiger partial charge in [0.25, 0.3) is 0 Å². The molecule has 1 unspecified atom stereocenters. The molecule has 174 valence electrons. The molecule has 3 heterocycles. The van der Waals surface area contributed by atoms with Crippen LogP contribution in [0.4, 0.5) is 0 Å². The molecule has 3 aromatic rings. The van der Waals surface area contributed by atoms with Crippen LogP contribution in [0.15, 0.2) is 71.7 Å². The monoisotopic (exact) mass is 461 g/mol. The van der Waals surface area contributed by atoms with Gasteiger partial charge in [0.05, 0.1) is 16.9 Å². The van der Waals surface area contributed by atoms with Crippen molar-refractivity contribution in [2.24, 2.45) is 4.99 Å². The van der Waals surface area contributed by atoms with Crippen molar-refractivity contribution in [3.05, 3.63) is 82.4 Å². The average Bonchev–Trinajstić information content (AvgIpc) is 3.52. The Balaban J connectivity index is 1.21. The largest absolute Gasteiger partial charge is 0.516 e. The van der Waals surface area contributed by atoms with E-state index in [9.17, 15) is 10.1 Å². The van der Waals surface area contributed by atoms with Crippen LogP contribution in [0.25, 0.3) is 16.9 Å². The van der Waals surface area contributed by atoms with E-state index in [1.807, 2.05) is 37.4 Å². The molecule has 2 aliphatic rings. The zero-order chi connectivity index (χ0) is 23.9. The van der Waals surface area contributed by atoms with Gasteiger partial charge in [-0.1, -0.05) is 43.3 Å². The van der Waals surface area contributed by atoms with Crippen LogP contribution < -0.4 is 9.64 Å². The quantitative estimate of drug-likeness (QED) is 0.428. The molecule has 0 radical (unpaired) electrons. The molecule has 0 amide bonds. The number of quaternary nitrogens is 1. The van der Waals surface area contributed by atoms with Gasteiger partial charge in [0.15, 0.2) is 5.60 Å². The van der Waals surface area contributed by atoms with Gasteiger partial charge in [-0.15, -0.1) is 5.10 Å². The number of aliphatic imine (C=N–C) groups is 1. The minimum absolute atomic E-state index is 0.188. The number of nitro groups is 1. The van der Waals surface area contributed by atoms with Crippen molar-refractivity contribution in [1.82, 2.24) is 15.0 Å². The summed E-state index contributed by atoms with van der Waals surface area (Å²) in [5, 5.41) is 19.4. The maximum Gasteiger partial charge on any atom is 0.516 e. The first-order valence-electron chi connectivity index (χ1n) is 11.1. The number of ether oxygens (including phenoxy) is 2. The Bertz CT molecular complexity index is 1280. The van der Waals surface area contributed by atoms with Gasteiger partial charge in [0.1, 0.15) is 24.6 Å². The first kappa shape index (κ1) is 21.8. The Labute approximate surface area is 196 Å². The van der Waals surface area contributed by atoms with Crippen LogP contribution >= 0.6 is 0 Å². The van der Waals surface area contributed by atoms with Gasteiger partial charge in [-0.25, -0.2) is 4.68 Å². The summed E-state index contributed by atoms with van der Waals surface area (Å²) < 4.78 is 13.5. The number of benzene rings is 2. The summed E-state index contributed by atoms with van der Waals surface area (Å²) in [6.07, 6.45) is 3.36. The molecule has 0 aliphatic carbocycles. The van der Waals surface area contributed by atoms with Gasteiger partial charge < -0.3 is 19.6 Å². The lowest BCUT2D eigenvalue weighted by Crippen LogP contribution is -3.08. The number of fused-ring (bicyclic) bond motifs is 1. The van der Waals surface area contributed by atoms with E-state index >= 15 is 0 Å². The van der Waals surface area contributed by atoms with Crippen molar-refractivity contribution in [2.75, 3.05) is 13.2 Å². The lowest BCUT2D eigenvalue weighted by atomic mass is 10.0. The molecule has 10 nitrogen and oxygen atoms in total. The molecule has 1 fully saturated rings. The van der Waals surface area contributed by atoms with Gasteiger partial charge in [-0.2, -0.15) is 4.90 Å². The van der Waals surface area contributed by atoms with E-state index in [2.05, 4.69) is 53.4 Å². The zero-order valence-electron chi connectivity index (χ0n) is 19.1. The van der Waals surface area contributed by atoms with E-state index < -0.39 is 10.5 Å². The molecule has 1 aromatic heterocycles. The first-order chi connectivity index (χ1) is 16.3. The fourth-order valence-corrected chi connectivity index (χ4v) is 3.98. The number of nitrogens with zero attached hydrogens (tertiary/aromatic N) is 5. The average molecular weight is 462 g/mol. The second-order valence-electron chi connectivity index (χ2n) is 9.04. The van der Waals surface area contributed by atoms with Crippen LogP contribution in [0.5, 0.6) is 5.75 Å². The van der Waals surface area contributed by atoms with Gasteiger partial charge >= 0.3 is 11.8 Å². The van der Waals surface area contributed by atoms with Crippen molar-refractivity contribution < 1.29 is 19.3 Å². The molecule has 34 heavy (non-hydrogen) atoms. The Morgan fingerprint density at radius 1 is 1.21 bits per heavy atom. The molecule has 1 saturated heterocycles. The number of aromatic nitrogens is 3. The SMILES string of the molecule is CC(C)c1ccc(-c2cn(-c3ccc(OC[C@@]4(C)C[NH+]5C=C([N+](=O)[O-])N=C5O4)cc3)nn2)cc1. The highest BCUT2D eigenvalue weighted by Gasteiger charge is 2.52. The molecule has 0 bridgehead atoms. The van der Waals surface area contributed by atoms with Crippen molar-refractivity contribution in [2.45, 2.75) is 32.3 Å². The standard InChI is InChI=1S/C24H24N6O4/c1-16(2)17-4-6-18(7-5-17)21-12-29(27-26-21)19-8-10-20(11-9-19)33-15-24(3)14-28-13-22(30(31)32)25-23(28)34-24/h4-13,16H,14-15H2,1-3H3/p+1/t24-/m1/s1. The van der Waals surface area contributed by atoms with E-state index in [1.165, 1.54) is 11.8 Å². The van der Waals surface area contributed by atoms with Crippen molar-refractivity contribution in [3.8, 4) is 22.7 Å². The maximum atomic E-state index is 10.9. The molecule has 0 saturated carbocycles. The number of amidine groups is 1. The Hall–Kier alpha value is -4.05. The third-order valence-electron chi connectivity index (χ3n) is 5.90. The predicted molar refractivity (Wildman–Crippen MR) is 124 cm³/mol. The van der Waals surface area contributed by atoms with Gasteiger partial charge in [-0.3, -0.25) is 0 Å². The van der Waals surface area contributed by atoms with E-state index in [4.69, 9.17) is 9.47 Å². The van der Waals surface area contributed by atoms with Crippen LogP contribution in [0.1, 0.15) is 32.3 Å². The Morgan fingerprint density at radius 3 is 2.59 bits per heavy atom. The van der Waals surface area contributed by atoms with Crippen LogP contribution in [0.2, 0.25) is 0 Å². The van der Waals surface area contributed by atoms with E-state index in [0.29, 0.717) is 24.2 Å². The van der Waals surface area contributed by atoms with Crippen LogP contribution in [0, 0.1) is 10.1 Å². The molecule has 5 rings (SSSR count). The second kappa shape index (κ2) is 8.38. The lowest BCUT2D eigenvalue weighted by molar-refractivity contribution is -0.742. The topological polar surface area (TPSA) is 109 Å². The molecular formula is C24H25N6O4+. The van der Waals surface area contributed by atoms with Crippen LogP contribution in [-0.4, -0.2) is 44.7 Å². The normalized spacial score (nSPS) is 21.1. The highest BCUT2D eigenvalue weighted by Crippen LogP contribution is 2.23. The smallest absolute Gasteiger partial charge is 0.489 e. The predicted octanol–water partition coefficient (Wildman–Crippen LogP) is 2.56. The van der Waals surface area contributed by atoms with Crippen molar-refractivity contribution in [1.29, 1.82) is 0 Å². The summed E-state index contributed by atoms with van der Waals surface area (Å²) in [7, 11) is 0. The van der Waals surface area contributed by atoms with Crippen molar-refractivity contribution >= 4 is 6.02 Å². The zero-order valence-corrected chi connectivity index (χ0v) is 19.1. The van der Waals surface area contributed by atoms with Gasteiger partial charge in [-0.05, 0) is 47.6 Å². The summed E-state index contributed by atoms with van der Waals surface area (Å²) >= 11 is 0. The third kappa shape index (κ3) is 4.27. The van der Waals surface area contributed by atoms with E-state index in [0.717, 1.165) is 21.8 Å². The first-order valence-corrected chi connectivity index (χ1v) is 11.1. The van der Waals surface area contributed by atoms with Crippen molar-refractivity contribution in [3.63, 3.8) is 0 Å². The molecule has 0 spiro atoms. The summed E-state index contributed by atoms with van der Waals surface area (Å²) in [6.45, 7) is 7.03. The molecule has 2 aromatic carbocycles. The minimum atomic E-state index is -0.628. The summed E-state index contributed by atoms with van der Waals surface area (Å²) in [4.78, 5) is 15.0. The summed E-state index contributed by atoms with van der Waals surface area (Å²) in [5.41, 5.74) is 3.36. The molecule has 2 atom stereocenters. The van der Waals surface area contributed by atoms with Gasteiger partial charge in [0, 0.05) is 5.56 Å². The number of hydrogen-bond acceptors (Lipinski definition) is 7. The van der Waals surface area contributed by atoms with E-state index in [1.54, 1.807) is 4.68 Å². The highest BCUT2D eigenvalue weighted by atomic mass is 16.6. The molecule has 10 heteroatoms. The summed E-state index contributed by atoms with van der Waals surface area (Å²) in [6, 6.07) is 16.2. The number of rotatable bonds is 7. The van der Waals surface area contributed by atoms with Crippen LogP contribution in [0.3, 0.4) is 0 Å². The molecule has 2 aliphatic heterocycles. The minimum Gasteiger partial charge on any atom is -0.489 e. The summed E-state index contributed by atoms with van der Waals surface area (Å²) in [5.74, 6) is 0.981. The second-order valence-corrected chi connectivity index (χ2v) is 9.04. The fraction of sp³-hybridized carbons (Fsp3) is 0.292.